The van der Waals surface area contributed by atoms with E-state index in [9.17, 15) is 0 Å². The summed E-state index contributed by atoms with van der Waals surface area (Å²) in [5.74, 6) is 0.800. The summed E-state index contributed by atoms with van der Waals surface area (Å²) in [5.41, 5.74) is 3.96. The Bertz CT molecular complexity index is 1000. The molecule has 1 saturated heterocycles. The molecule has 0 bridgehead atoms. The number of hydrogen-bond donors (Lipinski definition) is 0. The molecule has 0 spiro atoms. The van der Waals surface area contributed by atoms with Gasteiger partial charge in [-0.2, -0.15) is 5.10 Å². The Labute approximate surface area is 194 Å². The monoisotopic (exact) mass is 463 g/mol. The molecule has 160 valence electrons. The maximum atomic E-state index is 4.52. The number of rotatable bonds is 2. The fraction of sp³-hybridized carbons (Fsp3) is 0.364. The molecule has 30 heavy (non-hydrogen) atoms. The van der Waals surface area contributed by atoms with Gasteiger partial charge in [0.25, 0.3) is 0 Å². The van der Waals surface area contributed by atoms with E-state index in [1.165, 1.54) is 20.9 Å². The van der Waals surface area contributed by atoms with Gasteiger partial charge in [-0.3, -0.25) is 9.58 Å². The molecule has 0 N–H and O–H groups in total. The molecule has 0 amide bonds. The summed E-state index contributed by atoms with van der Waals surface area (Å²) in [6.45, 7) is 4.48. The van der Waals surface area contributed by atoms with E-state index in [1.54, 1.807) is 11.0 Å². The fourth-order valence-electron chi connectivity index (χ4n) is 4.18. The predicted molar refractivity (Wildman–Crippen MR) is 127 cm³/mol. The molecule has 5 rings (SSSR count). The molecule has 5 nitrogen and oxygen atoms in total. The molecule has 0 aliphatic carbocycles. The van der Waals surface area contributed by atoms with Crippen LogP contribution < -0.4 is 0 Å². The average molecular weight is 464 g/mol. The SMILES string of the molecule is CN1CCN(C2Cc3ccccc3Sc3ccc(-c4ncn(C)n4)cc32)CC1.Cl.Cl. The Morgan fingerprint density at radius 3 is 2.43 bits per heavy atom. The number of aryl methyl sites for hydroxylation is 1. The Morgan fingerprint density at radius 1 is 0.933 bits per heavy atom. The molecular formula is C22H27Cl2N5S. The smallest absolute Gasteiger partial charge is 0.181 e. The van der Waals surface area contributed by atoms with E-state index in [0.717, 1.165) is 44.0 Å². The molecule has 3 heterocycles. The number of benzene rings is 2. The molecule has 1 unspecified atom stereocenters. The van der Waals surface area contributed by atoms with Crippen molar-refractivity contribution in [3.05, 3.63) is 59.9 Å². The minimum absolute atomic E-state index is 0. The van der Waals surface area contributed by atoms with Crippen molar-refractivity contribution < 1.29 is 0 Å². The summed E-state index contributed by atoms with van der Waals surface area (Å²) in [6, 6.07) is 16.0. The molecule has 1 fully saturated rings. The van der Waals surface area contributed by atoms with Crippen molar-refractivity contribution in [1.82, 2.24) is 24.6 Å². The Hall–Kier alpha value is -1.57. The topological polar surface area (TPSA) is 37.2 Å². The molecule has 2 aliphatic rings. The van der Waals surface area contributed by atoms with Gasteiger partial charge >= 0.3 is 0 Å². The summed E-state index contributed by atoms with van der Waals surface area (Å²) < 4.78 is 1.77. The summed E-state index contributed by atoms with van der Waals surface area (Å²) in [7, 11) is 4.13. The first-order chi connectivity index (χ1) is 13.7. The lowest BCUT2D eigenvalue weighted by molar-refractivity contribution is 0.110. The van der Waals surface area contributed by atoms with Gasteiger partial charge in [0.1, 0.15) is 6.33 Å². The van der Waals surface area contributed by atoms with E-state index in [2.05, 4.69) is 69.4 Å². The standard InChI is InChI=1S/C22H25N5S.2ClH/c1-25-9-11-27(12-10-25)19-14-16-5-3-4-6-20(16)28-21-8-7-17(13-18(19)21)22-23-15-26(2)24-22;;/h3-8,13,15,19H,9-12,14H2,1-2H3;2*1H. The highest BCUT2D eigenvalue weighted by Crippen LogP contribution is 2.44. The van der Waals surface area contributed by atoms with Gasteiger partial charge in [-0.05, 0) is 48.9 Å². The predicted octanol–water partition coefficient (Wildman–Crippen LogP) is 4.32. The number of aromatic nitrogens is 3. The van der Waals surface area contributed by atoms with Crippen molar-refractivity contribution in [2.24, 2.45) is 7.05 Å². The average Bonchev–Trinajstić information content (AvgIpc) is 3.07. The lowest BCUT2D eigenvalue weighted by atomic mass is 9.95. The Kier molecular flexibility index (Phi) is 7.47. The van der Waals surface area contributed by atoms with Crippen LogP contribution in [0.4, 0.5) is 0 Å². The van der Waals surface area contributed by atoms with Crippen LogP contribution in [-0.2, 0) is 13.5 Å². The number of nitrogens with zero attached hydrogens (tertiary/aromatic N) is 5. The minimum Gasteiger partial charge on any atom is -0.304 e. The van der Waals surface area contributed by atoms with Crippen molar-refractivity contribution >= 4 is 36.6 Å². The lowest BCUT2D eigenvalue weighted by Crippen LogP contribution is -2.46. The first-order valence-electron chi connectivity index (χ1n) is 9.86. The van der Waals surface area contributed by atoms with Crippen LogP contribution in [-0.4, -0.2) is 57.8 Å². The van der Waals surface area contributed by atoms with Gasteiger partial charge in [-0.1, -0.05) is 30.0 Å². The van der Waals surface area contributed by atoms with Gasteiger partial charge in [-0.15, -0.1) is 24.8 Å². The summed E-state index contributed by atoms with van der Waals surface area (Å²) in [6.07, 6.45) is 2.82. The number of hydrogen-bond acceptors (Lipinski definition) is 5. The maximum absolute atomic E-state index is 4.52. The zero-order chi connectivity index (χ0) is 19.1. The van der Waals surface area contributed by atoms with Crippen LogP contribution >= 0.6 is 36.6 Å². The second-order valence-electron chi connectivity index (χ2n) is 7.76. The summed E-state index contributed by atoms with van der Waals surface area (Å²) in [4.78, 5) is 12.3. The van der Waals surface area contributed by atoms with Crippen LogP contribution in [0.25, 0.3) is 11.4 Å². The highest BCUT2D eigenvalue weighted by molar-refractivity contribution is 7.99. The summed E-state index contributed by atoms with van der Waals surface area (Å²) in [5, 5.41) is 4.52. The largest absolute Gasteiger partial charge is 0.304 e. The van der Waals surface area contributed by atoms with Crippen molar-refractivity contribution in [3.8, 4) is 11.4 Å². The summed E-state index contributed by atoms with van der Waals surface area (Å²) >= 11 is 1.90. The Balaban J connectivity index is 0.00000128. The molecule has 1 atom stereocenters. The quantitative estimate of drug-likeness (QED) is 0.565. The molecule has 0 radical (unpaired) electrons. The first-order valence-corrected chi connectivity index (χ1v) is 10.7. The van der Waals surface area contributed by atoms with E-state index in [0.29, 0.717) is 6.04 Å². The van der Waals surface area contributed by atoms with Crippen LogP contribution in [0.2, 0.25) is 0 Å². The van der Waals surface area contributed by atoms with E-state index in [1.807, 2.05) is 18.8 Å². The number of likely N-dealkylation sites (N-methyl/N-ethyl adjacent to an activating group) is 1. The van der Waals surface area contributed by atoms with Gasteiger partial charge in [-0.25, -0.2) is 4.98 Å². The van der Waals surface area contributed by atoms with Crippen LogP contribution in [0.3, 0.4) is 0 Å². The van der Waals surface area contributed by atoms with Gasteiger partial charge < -0.3 is 4.90 Å². The van der Waals surface area contributed by atoms with Crippen LogP contribution in [0, 0.1) is 0 Å². The van der Waals surface area contributed by atoms with Crippen LogP contribution in [0.1, 0.15) is 17.2 Å². The molecule has 2 aromatic carbocycles. The third kappa shape index (κ3) is 4.53. The van der Waals surface area contributed by atoms with Crippen LogP contribution in [0.15, 0.2) is 58.6 Å². The van der Waals surface area contributed by atoms with E-state index < -0.39 is 0 Å². The zero-order valence-electron chi connectivity index (χ0n) is 17.2. The third-order valence-corrected chi connectivity index (χ3v) is 7.02. The van der Waals surface area contributed by atoms with E-state index in [4.69, 9.17) is 0 Å². The van der Waals surface area contributed by atoms with Crippen LogP contribution in [0.5, 0.6) is 0 Å². The second kappa shape index (κ2) is 9.71. The van der Waals surface area contributed by atoms with Crippen molar-refractivity contribution in [1.29, 1.82) is 0 Å². The van der Waals surface area contributed by atoms with Crippen molar-refractivity contribution in [2.75, 3.05) is 33.2 Å². The number of piperazine rings is 1. The van der Waals surface area contributed by atoms with Gasteiger partial charge in [0.05, 0.1) is 0 Å². The molecular weight excluding hydrogens is 437 g/mol. The number of fused-ring (bicyclic) bond motifs is 2. The first kappa shape index (κ1) is 23.1. The fourth-order valence-corrected chi connectivity index (χ4v) is 5.30. The van der Waals surface area contributed by atoms with Crippen molar-refractivity contribution in [2.45, 2.75) is 22.3 Å². The zero-order valence-corrected chi connectivity index (χ0v) is 19.6. The second-order valence-corrected chi connectivity index (χ2v) is 8.85. The van der Waals surface area contributed by atoms with Crippen molar-refractivity contribution in [3.63, 3.8) is 0 Å². The van der Waals surface area contributed by atoms with E-state index >= 15 is 0 Å². The van der Waals surface area contributed by atoms with Gasteiger partial charge in [0.2, 0.25) is 0 Å². The normalized spacial score (nSPS) is 19.1. The molecule has 2 aliphatic heterocycles. The maximum Gasteiger partial charge on any atom is 0.181 e. The molecule has 0 saturated carbocycles. The highest BCUT2D eigenvalue weighted by Gasteiger charge is 2.29. The molecule has 8 heteroatoms. The minimum atomic E-state index is 0. The number of halogens is 2. The van der Waals surface area contributed by atoms with Gasteiger partial charge in [0, 0.05) is 54.6 Å². The molecule has 1 aromatic heterocycles. The highest BCUT2D eigenvalue weighted by atomic mass is 35.5. The lowest BCUT2D eigenvalue weighted by Gasteiger charge is -2.38. The Morgan fingerprint density at radius 2 is 1.70 bits per heavy atom. The molecule has 3 aromatic rings. The van der Waals surface area contributed by atoms with E-state index in [-0.39, 0.29) is 24.8 Å². The third-order valence-electron chi connectivity index (χ3n) is 5.81. The van der Waals surface area contributed by atoms with Gasteiger partial charge in [0.15, 0.2) is 5.82 Å².